The second-order valence-corrected chi connectivity index (χ2v) is 5.07. The van der Waals surface area contributed by atoms with Gasteiger partial charge in [0.05, 0.1) is 18.5 Å². The van der Waals surface area contributed by atoms with Crippen LogP contribution in [0.3, 0.4) is 0 Å². The number of ether oxygens (including phenoxy) is 1. The summed E-state index contributed by atoms with van der Waals surface area (Å²) in [6.07, 6.45) is 0.290. The molecule has 0 saturated heterocycles. The Morgan fingerprint density at radius 1 is 1.22 bits per heavy atom. The van der Waals surface area contributed by atoms with Crippen LogP contribution in [0.4, 0.5) is 4.39 Å². The van der Waals surface area contributed by atoms with Crippen LogP contribution < -0.4 is 10.4 Å². The first-order valence-corrected chi connectivity index (χ1v) is 7.00. The fourth-order valence-electron chi connectivity index (χ4n) is 2.39. The number of hydrogen-bond donors (Lipinski definition) is 2. The first-order chi connectivity index (χ1) is 11.1. The molecule has 23 heavy (non-hydrogen) atoms. The van der Waals surface area contributed by atoms with Crippen LogP contribution >= 0.6 is 0 Å². The molecule has 0 radical (unpaired) electrons. The zero-order chi connectivity index (χ0) is 16.4. The molecule has 0 spiro atoms. The standard InChI is InChI=1S/C17H15FN2O3/c1-23-14-4-2-3-13(10-14)20-16(21)15(19-17(20)22)9-11-5-7-12(18)8-6-11/h2-8,10,21H,9H2,1H3,(H,19,22). The first-order valence-electron chi connectivity index (χ1n) is 7.00. The van der Waals surface area contributed by atoms with E-state index in [2.05, 4.69) is 4.98 Å². The van der Waals surface area contributed by atoms with E-state index < -0.39 is 5.69 Å². The Kier molecular flexibility index (Phi) is 3.89. The second-order valence-electron chi connectivity index (χ2n) is 5.07. The molecule has 5 nitrogen and oxygen atoms in total. The maximum Gasteiger partial charge on any atom is 0.333 e. The summed E-state index contributed by atoms with van der Waals surface area (Å²) in [5, 5.41) is 10.4. The molecular weight excluding hydrogens is 299 g/mol. The number of halogens is 1. The van der Waals surface area contributed by atoms with Crippen molar-refractivity contribution in [1.29, 1.82) is 0 Å². The molecular formula is C17H15FN2O3. The van der Waals surface area contributed by atoms with Crippen LogP contribution in [0.5, 0.6) is 11.6 Å². The Balaban J connectivity index is 1.99. The molecule has 0 amide bonds. The Hall–Kier alpha value is -3.02. The molecule has 0 aliphatic heterocycles. The third kappa shape index (κ3) is 2.96. The summed E-state index contributed by atoms with van der Waals surface area (Å²) in [4.78, 5) is 14.8. The van der Waals surface area contributed by atoms with E-state index in [1.54, 1.807) is 36.4 Å². The van der Waals surface area contributed by atoms with E-state index in [1.165, 1.54) is 23.8 Å². The molecule has 0 aliphatic carbocycles. The van der Waals surface area contributed by atoms with Gasteiger partial charge in [-0.1, -0.05) is 18.2 Å². The number of rotatable bonds is 4. The largest absolute Gasteiger partial charge is 0.497 e. The fraction of sp³-hybridized carbons (Fsp3) is 0.118. The van der Waals surface area contributed by atoms with Gasteiger partial charge in [-0.3, -0.25) is 0 Å². The lowest BCUT2D eigenvalue weighted by Gasteiger charge is -2.06. The number of aromatic hydroxyl groups is 1. The van der Waals surface area contributed by atoms with Gasteiger partial charge in [-0.05, 0) is 29.8 Å². The minimum Gasteiger partial charge on any atom is -0.497 e. The van der Waals surface area contributed by atoms with E-state index in [0.29, 0.717) is 23.6 Å². The van der Waals surface area contributed by atoms with Crippen LogP contribution in [-0.4, -0.2) is 21.8 Å². The van der Waals surface area contributed by atoms with Gasteiger partial charge in [0, 0.05) is 12.5 Å². The van der Waals surface area contributed by atoms with Gasteiger partial charge in [0.25, 0.3) is 0 Å². The lowest BCUT2D eigenvalue weighted by molar-refractivity contribution is 0.413. The van der Waals surface area contributed by atoms with Crippen molar-refractivity contribution in [1.82, 2.24) is 9.55 Å². The van der Waals surface area contributed by atoms with E-state index in [0.717, 1.165) is 5.56 Å². The van der Waals surface area contributed by atoms with E-state index in [4.69, 9.17) is 4.74 Å². The normalized spacial score (nSPS) is 10.7. The van der Waals surface area contributed by atoms with Crippen molar-refractivity contribution in [3.63, 3.8) is 0 Å². The fourth-order valence-corrected chi connectivity index (χ4v) is 2.39. The molecule has 0 saturated carbocycles. The van der Waals surface area contributed by atoms with Gasteiger partial charge in [0.1, 0.15) is 11.6 Å². The average molecular weight is 314 g/mol. The average Bonchev–Trinajstić information content (AvgIpc) is 2.83. The predicted octanol–water partition coefficient (Wildman–Crippen LogP) is 2.61. The van der Waals surface area contributed by atoms with Gasteiger partial charge in [0.2, 0.25) is 5.88 Å². The first kappa shape index (κ1) is 14.9. The van der Waals surface area contributed by atoms with Crippen LogP contribution in [0.15, 0.2) is 53.3 Å². The minimum atomic E-state index is -0.451. The van der Waals surface area contributed by atoms with Crippen molar-refractivity contribution < 1.29 is 14.2 Å². The topological polar surface area (TPSA) is 67.2 Å². The van der Waals surface area contributed by atoms with Crippen molar-refractivity contribution >= 4 is 0 Å². The SMILES string of the molecule is COc1cccc(-n2c(O)c(Cc3ccc(F)cc3)[nH]c2=O)c1. The third-order valence-corrected chi connectivity index (χ3v) is 3.55. The van der Waals surface area contributed by atoms with Gasteiger partial charge in [0.15, 0.2) is 0 Å². The molecule has 0 bridgehead atoms. The molecule has 1 aromatic heterocycles. The number of nitrogens with one attached hydrogen (secondary N) is 1. The maximum atomic E-state index is 12.9. The second kappa shape index (κ2) is 6.00. The van der Waals surface area contributed by atoms with E-state index >= 15 is 0 Å². The Morgan fingerprint density at radius 3 is 2.65 bits per heavy atom. The Morgan fingerprint density at radius 2 is 1.96 bits per heavy atom. The van der Waals surface area contributed by atoms with Gasteiger partial charge in [-0.2, -0.15) is 0 Å². The zero-order valence-electron chi connectivity index (χ0n) is 12.4. The molecule has 0 aliphatic rings. The number of methoxy groups -OCH3 is 1. The molecule has 0 atom stereocenters. The number of imidazole rings is 1. The van der Waals surface area contributed by atoms with Gasteiger partial charge < -0.3 is 14.8 Å². The lowest BCUT2D eigenvalue weighted by atomic mass is 10.1. The van der Waals surface area contributed by atoms with Crippen molar-refractivity contribution in [3.05, 3.63) is 76.1 Å². The Bertz CT molecular complexity index is 882. The molecule has 2 aromatic carbocycles. The lowest BCUT2D eigenvalue weighted by Crippen LogP contribution is -2.14. The van der Waals surface area contributed by atoms with Crippen LogP contribution in [0.25, 0.3) is 5.69 Å². The Labute approximate surface area is 131 Å². The van der Waals surface area contributed by atoms with Gasteiger partial charge in [-0.15, -0.1) is 0 Å². The number of H-pyrrole nitrogens is 1. The number of aromatic nitrogens is 2. The zero-order valence-corrected chi connectivity index (χ0v) is 12.4. The quantitative estimate of drug-likeness (QED) is 0.778. The molecule has 6 heteroatoms. The summed E-state index contributed by atoms with van der Waals surface area (Å²) in [6.45, 7) is 0. The molecule has 0 unspecified atom stereocenters. The number of nitrogens with zero attached hydrogens (tertiary/aromatic N) is 1. The van der Waals surface area contributed by atoms with Gasteiger partial charge >= 0.3 is 5.69 Å². The monoisotopic (exact) mass is 314 g/mol. The molecule has 1 heterocycles. The highest BCUT2D eigenvalue weighted by molar-refractivity contribution is 5.43. The summed E-state index contributed by atoms with van der Waals surface area (Å²) in [7, 11) is 1.53. The van der Waals surface area contributed by atoms with Gasteiger partial charge in [-0.25, -0.2) is 13.8 Å². The van der Waals surface area contributed by atoms with Crippen molar-refractivity contribution in [2.24, 2.45) is 0 Å². The molecule has 3 rings (SSSR count). The van der Waals surface area contributed by atoms with Crippen molar-refractivity contribution in [2.45, 2.75) is 6.42 Å². The highest BCUT2D eigenvalue weighted by Gasteiger charge is 2.15. The number of aromatic amines is 1. The summed E-state index contributed by atoms with van der Waals surface area (Å²) in [6, 6.07) is 12.7. The van der Waals surface area contributed by atoms with Crippen LogP contribution in [0, 0.1) is 5.82 Å². The van der Waals surface area contributed by atoms with Crippen LogP contribution in [-0.2, 0) is 6.42 Å². The third-order valence-electron chi connectivity index (χ3n) is 3.55. The van der Waals surface area contributed by atoms with Crippen LogP contribution in [0.2, 0.25) is 0 Å². The summed E-state index contributed by atoms with van der Waals surface area (Å²) in [5.74, 6) is 0.0723. The minimum absolute atomic E-state index is 0.174. The summed E-state index contributed by atoms with van der Waals surface area (Å²) < 4.78 is 19.2. The molecule has 118 valence electrons. The molecule has 2 N–H and O–H groups in total. The van der Waals surface area contributed by atoms with E-state index in [1.807, 2.05) is 0 Å². The number of benzene rings is 2. The summed E-state index contributed by atoms with van der Waals surface area (Å²) in [5.41, 5.74) is 1.19. The highest BCUT2D eigenvalue weighted by Crippen LogP contribution is 2.23. The van der Waals surface area contributed by atoms with E-state index in [-0.39, 0.29) is 11.7 Å². The van der Waals surface area contributed by atoms with Crippen molar-refractivity contribution in [2.75, 3.05) is 7.11 Å². The highest BCUT2D eigenvalue weighted by atomic mass is 19.1. The number of hydrogen-bond acceptors (Lipinski definition) is 3. The van der Waals surface area contributed by atoms with E-state index in [9.17, 15) is 14.3 Å². The smallest absolute Gasteiger partial charge is 0.333 e. The maximum absolute atomic E-state index is 12.9. The molecule has 3 aromatic rings. The van der Waals surface area contributed by atoms with Crippen molar-refractivity contribution in [3.8, 4) is 17.3 Å². The molecule has 0 fully saturated rings. The summed E-state index contributed by atoms with van der Waals surface area (Å²) >= 11 is 0. The predicted molar refractivity (Wildman–Crippen MR) is 83.8 cm³/mol. The van der Waals surface area contributed by atoms with Crippen LogP contribution in [0.1, 0.15) is 11.3 Å².